The predicted molar refractivity (Wildman–Crippen MR) is 53.2 cm³/mol. The summed E-state index contributed by atoms with van der Waals surface area (Å²) in [6.45, 7) is 0. The third-order valence-electron chi connectivity index (χ3n) is 2.50. The van der Waals surface area contributed by atoms with Crippen molar-refractivity contribution in [2.45, 2.75) is 44.9 Å². The van der Waals surface area contributed by atoms with Crippen molar-refractivity contribution >= 4 is 0 Å². The molecule has 74 valence electrons. The Morgan fingerprint density at radius 2 is 1.54 bits per heavy atom. The maximum absolute atomic E-state index is 5.18. The Kier molecular flexibility index (Phi) is 8.72. The molecule has 0 unspecified atom stereocenters. The van der Waals surface area contributed by atoms with Crippen molar-refractivity contribution in [2.24, 2.45) is 5.92 Å². The zero-order valence-corrected chi connectivity index (χ0v) is 9.22. The molecule has 2 radical (unpaired) electrons. The maximum Gasteiger partial charge on any atom is 0.0200 e. The summed E-state index contributed by atoms with van der Waals surface area (Å²) >= 11 is 0. The summed E-state index contributed by atoms with van der Waals surface area (Å²) in [6.07, 6.45) is 18.9. The fourth-order valence-electron chi connectivity index (χ4n) is 1.68. The number of hydrogen-bond donors (Lipinski definition) is 0. The smallest absolute Gasteiger partial charge is 0.0200 e. The third kappa shape index (κ3) is 6.19. The first-order valence-corrected chi connectivity index (χ1v) is 5.04. The standard InChI is InChI=1S/C7H10.C5H8.Fe/c1-2-7-5-3-4-6-7;1-2-4-5-3-1;/h1,7H,3-6H2;1-2H,3-5H2;. The van der Waals surface area contributed by atoms with Gasteiger partial charge < -0.3 is 0 Å². The zero-order valence-electron chi connectivity index (χ0n) is 8.11. The van der Waals surface area contributed by atoms with Crippen LogP contribution in [0, 0.1) is 31.1 Å². The summed E-state index contributed by atoms with van der Waals surface area (Å²) < 4.78 is 0. The van der Waals surface area contributed by atoms with Gasteiger partial charge >= 0.3 is 0 Å². The first-order chi connectivity index (χ1) is 5.93. The van der Waals surface area contributed by atoms with Gasteiger partial charge in [0.15, 0.2) is 0 Å². The second-order valence-electron chi connectivity index (χ2n) is 3.55. The molecule has 0 aromatic heterocycles. The van der Waals surface area contributed by atoms with Gasteiger partial charge in [-0.15, -0.1) is 12.3 Å². The van der Waals surface area contributed by atoms with Crippen LogP contribution in [0.1, 0.15) is 44.9 Å². The summed E-state index contributed by atoms with van der Waals surface area (Å²) in [5.41, 5.74) is 0. The van der Waals surface area contributed by atoms with Gasteiger partial charge in [-0.3, -0.25) is 0 Å². The first-order valence-electron chi connectivity index (χ1n) is 5.04. The average molecular weight is 218 g/mol. The molecule has 0 spiro atoms. The van der Waals surface area contributed by atoms with Gasteiger partial charge in [-0.2, -0.15) is 0 Å². The Labute approximate surface area is 93.3 Å². The Morgan fingerprint density at radius 1 is 1.00 bits per heavy atom. The van der Waals surface area contributed by atoms with Gasteiger partial charge in [0, 0.05) is 23.0 Å². The van der Waals surface area contributed by atoms with Gasteiger partial charge in [-0.05, 0) is 38.5 Å². The van der Waals surface area contributed by atoms with Gasteiger partial charge in [0.1, 0.15) is 0 Å². The molecule has 0 amide bonds. The molecular weight excluding hydrogens is 200 g/mol. The van der Waals surface area contributed by atoms with Gasteiger partial charge in [0.2, 0.25) is 0 Å². The van der Waals surface area contributed by atoms with E-state index in [1.54, 1.807) is 0 Å². The minimum absolute atomic E-state index is 0. The molecule has 2 aliphatic rings. The Bertz CT molecular complexity index is 128. The Balaban J connectivity index is 0.000000215. The topological polar surface area (TPSA) is 0 Å². The number of rotatable bonds is 0. The summed E-state index contributed by atoms with van der Waals surface area (Å²) in [4.78, 5) is 0. The summed E-state index contributed by atoms with van der Waals surface area (Å²) in [7, 11) is 0. The maximum atomic E-state index is 5.18. The number of hydrogen-bond acceptors (Lipinski definition) is 0. The van der Waals surface area contributed by atoms with Crippen molar-refractivity contribution in [2.75, 3.05) is 0 Å². The molecule has 0 saturated heterocycles. The minimum Gasteiger partial charge on any atom is -0.120 e. The minimum atomic E-state index is 0. The van der Waals surface area contributed by atoms with Crippen molar-refractivity contribution in [3.63, 3.8) is 0 Å². The summed E-state index contributed by atoms with van der Waals surface area (Å²) in [5, 5.41) is 0. The SMILES string of the molecule is C#CC1CCCC1.[CH]1[CH]CCC1.[Fe]. The molecular formula is C12H18Fe. The molecule has 0 aliphatic heterocycles. The van der Waals surface area contributed by atoms with Crippen LogP contribution in [0.25, 0.3) is 0 Å². The van der Waals surface area contributed by atoms with Crippen molar-refractivity contribution in [1.29, 1.82) is 0 Å². The van der Waals surface area contributed by atoms with E-state index in [-0.39, 0.29) is 17.1 Å². The van der Waals surface area contributed by atoms with Crippen LogP contribution >= 0.6 is 0 Å². The number of terminal acetylenes is 1. The summed E-state index contributed by atoms with van der Waals surface area (Å²) in [6, 6.07) is 0. The van der Waals surface area contributed by atoms with Crippen LogP contribution < -0.4 is 0 Å². The van der Waals surface area contributed by atoms with E-state index in [2.05, 4.69) is 18.8 Å². The van der Waals surface area contributed by atoms with Gasteiger partial charge in [0.05, 0.1) is 0 Å². The van der Waals surface area contributed by atoms with Crippen molar-refractivity contribution < 1.29 is 17.1 Å². The molecule has 0 aromatic carbocycles. The largest absolute Gasteiger partial charge is 0.120 e. The Morgan fingerprint density at radius 3 is 1.77 bits per heavy atom. The van der Waals surface area contributed by atoms with Crippen LogP contribution in [0.3, 0.4) is 0 Å². The predicted octanol–water partition coefficient (Wildman–Crippen LogP) is 3.39. The van der Waals surface area contributed by atoms with Crippen molar-refractivity contribution in [3.05, 3.63) is 12.8 Å². The van der Waals surface area contributed by atoms with E-state index in [1.165, 1.54) is 44.9 Å². The molecule has 2 aliphatic carbocycles. The van der Waals surface area contributed by atoms with Gasteiger partial charge in [-0.25, -0.2) is 0 Å². The van der Waals surface area contributed by atoms with Crippen molar-refractivity contribution in [3.8, 4) is 12.3 Å². The molecule has 0 N–H and O–H groups in total. The van der Waals surface area contributed by atoms with E-state index in [0.29, 0.717) is 5.92 Å². The quantitative estimate of drug-likeness (QED) is 0.432. The van der Waals surface area contributed by atoms with Gasteiger partial charge in [0.25, 0.3) is 0 Å². The van der Waals surface area contributed by atoms with Crippen LogP contribution in [0.4, 0.5) is 0 Å². The molecule has 2 rings (SSSR count). The molecule has 0 heterocycles. The fourth-order valence-corrected chi connectivity index (χ4v) is 1.68. The second kappa shape index (κ2) is 8.67. The van der Waals surface area contributed by atoms with Crippen LogP contribution in [0.2, 0.25) is 0 Å². The third-order valence-corrected chi connectivity index (χ3v) is 2.50. The van der Waals surface area contributed by atoms with E-state index in [4.69, 9.17) is 6.42 Å². The van der Waals surface area contributed by atoms with E-state index in [0.717, 1.165) is 0 Å². The second-order valence-corrected chi connectivity index (χ2v) is 3.55. The molecule has 2 fully saturated rings. The Hall–Kier alpha value is 0.0795. The van der Waals surface area contributed by atoms with E-state index in [1.807, 2.05) is 0 Å². The molecule has 0 atom stereocenters. The van der Waals surface area contributed by atoms with Crippen LogP contribution in [-0.4, -0.2) is 0 Å². The first kappa shape index (κ1) is 13.1. The molecule has 0 nitrogen and oxygen atoms in total. The van der Waals surface area contributed by atoms with E-state index in [9.17, 15) is 0 Å². The molecule has 1 heteroatoms. The monoisotopic (exact) mass is 218 g/mol. The van der Waals surface area contributed by atoms with E-state index < -0.39 is 0 Å². The molecule has 0 bridgehead atoms. The molecule has 0 aromatic rings. The normalized spacial score (nSPS) is 21.2. The van der Waals surface area contributed by atoms with Gasteiger partial charge in [-0.1, -0.05) is 19.3 Å². The average Bonchev–Trinajstić information content (AvgIpc) is 2.81. The van der Waals surface area contributed by atoms with Crippen molar-refractivity contribution in [1.82, 2.24) is 0 Å². The zero-order chi connectivity index (χ0) is 8.65. The van der Waals surface area contributed by atoms with Crippen LogP contribution in [0.5, 0.6) is 0 Å². The molecule has 13 heavy (non-hydrogen) atoms. The van der Waals surface area contributed by atoms with E-state index >= 15 is 0 Å². The van der Waals surface area contributed by atoms with Crippen LogP contribution in [0.15, 0.2) is 0 Å². The fraction of sp³-hybridized carbons (Fsp3) is 0.667. The van der Waals surface area contributed by atoms with Crippen LogP contribution in [-0.2, 0) is 17.1 Å². The summed E-state index contributed by atoms with van der Waals surface area (Å²) in [5.74, 6) is 3.39. The molecule has 2 saturated carbocycles.